The molecule has 87 heavy (non-hydrogen) atoms. The Balaban J connectivity index is 0.797. The summed E-state index contributed by atoms with van der Waals surface area (Å²) >= 11 is 0. The van der Waals surface area contributed by atoms with E-state index in [1.807, 2.05) is 40.8 Å². The van der Waals surface area contributed by atoms with E-state index in [-0.39, 0.29) is 86.6 Å². The van der Waals surface area contributed by atoms with E-state index in [2.05, 4.69) is 15.6 Å². The Hall–Kier alpha value is -6.29. The van der Waals surface area contributed by atoms with Gasteiger partial charge in [-0.2, -0.15) is 0 Å². The number of aryl methyl sites for hydroxylation is 2. The van der Waals surface area contributed by atoms with Crippen molar-refractivity contribution < 1.29 is 85.9 Å². The van der Waals surface area contributed by atoms with Crippen LogP contribution in [0.5, 0.6) is 5.75 Å². The fraction of sp³-hybridized carbons (Fsp3) is 0.661. The highest BCUT2D eigenvalue weighted by Gasteiger charge is 2.51. The van der Waals surface area contributed by atoms with Gasteiger partial charge in [-0.25, -0.2) is 19.3 Å². The van der Waals surface area contributed by atoms with Crippen molar-refractivity contribution in [3.8, 4) is 17.1 Å². The summed E-state index contributed by atoms with van der Waals surface area (Å²) in [5.74, 6) is -2.64. The number of esters is 1. The van der Waals surface area contributed by atoms with Crippen LogP contribution in [-0.4, -0.2) is 191 Å². The van der Waals surface area contributed by atoms with E-state index in [9.17, 15) is 33.9 Å². The lowest BCUT2D eigenvalue weighted by Gasteiger charge is -2.35. The van der Waals surface area contributed by atoms with Gasteiger partial charge in [0.2, 0.25) is 11.5 Å². The number of aromatic hydroxyl groups is 1. The molecule has 0 saturated heterocycles. The molecule has 3 aromatic heterocycles. The van der Waals surface area contributed by atoms with Crippen molar-refractivity contribution >= 4 is 40.5 Å². The first-order valence-corrected chi connectivity index (χ1v) is 30.5. The van der Waals surface area contributed by atoms with Gasteiger partial charge in [-0.1, -0.05) is 59.1 Å². The number of Topliss-reactive ketones (excluding diaryl/α,β-unsaturated/α-hetero) is 2. The van der Waals surface area contributed by atoms with Gasteiger partial charge in [-0.3, -0.25) is 19.2 Å². The summed E-state index contributed by atoms with van der Waals surface area (Å²) in [5.41, 5.74) is 2.15. The van der Waals surface area contributed by atoms with Crippen LogP contribution in [-0.2, 0) is 108 Å². The van der Waals surface area contributed by atoms with Crippen molar-refractivity contribution in [1.29, 1.82) is 0 Å². The zero-order valence-corrected chi connectivity index (χ0v) is 51.6. The SMILES string of the molecule is CCCCCC(CC(=O)COCC(=O)CCCOCCOCCOCCOCCOCCOCCOCCOCCn1cc(C)nn1)C(=O)NC(COC(=O)OC1(CC)C(=O)OCc2c1cc1n(c2=O)Cc2c-1nc1ccc(O)cc1c2CC)C(C)C. The Morgan fingerprint density at radius 1 is 0.747 bits per heavy atom. The number of carbonyl (C=O) groups excluding carboxylic acids is 5. The molecule has 0 radical (unpaired) electrons. The predicted molar refractivity (Wildman–Crippen MR) is 316 cm³/mol. The summed E-state index contributed by atoms with van der Waals surface area (Å²) in [6, 6.07) is 5.86. The average molecular weight is 1220 g/mol. The number of phenolic OH excluding ortho intramolecular Hbond substituents is 1. The first kappa shape index (κ1) is 69.8. The molecule has 1 amide bonds. The van der Waals surface area contributed by atoms with Crippen LogP contribution >= 0.6 is 0 Å². The zero-order chi connectivity index (χ0) is 62.4. The normalized spacial score (nSPS) is 15.0. The van der Waals surface area contributed by atoms with E-state index < -0.39 is 41.2 Å². The highest BCUT2D eigenvalue weighted by atomic mass is 16.7. The lowest BCUT2D eigenvalue weighted by atomic mass is 9.85. The molecule has 5 heterocycles. The van der Waals surface area contributed by atoms with Gasteiger partial charge in [0.25, 0.3) is 5.56 Å². The third-order valence-electron chi connectivity index (χ3n) is 14.9. The van der Waals surface area contributed by atoms with E-state index in [0.717, 1.165) is 35.0 Å². The van der Waals surface area contributed by atoms with Crippen LogP contribution in [0, 0.1) is 18.8 Å². The molecule has 2 aliphatic heterocycles. The third-order valence-corrected chi connectivity index (χ3v) is 14.9. The van der Waals surface area contributed by atoms with Crippen LogP contribution in [0.15, 0.2) is 35.3 Å². The second-order valence-corrected chi connectivity index (χ2v) is 21.7. The smallest absolute Gasteiger partial charge is 0.508 e. The molecule has 3 unspecified atom stereocenters. The molecule has 482 valence electrons. The number of carbonyl (C=O) groups is 5. The number of amides is 1. The van der Waals surface area contributed by atoms with Crippen molar-refractivity contribution in [1.82, 2.24) is 29.9 Å². The minimum absolute atomic E-state index is 0.0880. The predicted octanol–water partition coefficient (Wildman–Crippen LogP) is 5.90. The van der Waals surface area contributed by atoms with Gasteiger partial charge in [0.05, 0.1) is 146 Å². The monoisotopic (exact) mass is 1220 g/mol. The second-order valence-electron chi connectivity index (χ2n) is 21.7. The molecule has 25 heteroatoms. The van der Waals surface area contributed by atoms with Crippen molar-refractivity contribution in [2.75, 3.05) is 126 Å². The summed E-state index contributed by atoms with van der Waals surface area (Å²) in [7, 11) is 0. The number of nitrogens with zero attached hydrogens (tertiary/aromatic N) is 5. The third kappa shape index (κ3) is 21.8. The number of hydrogen-bond donors (Lipinski definition) is 2. The highest BCUT2D eigenvalue weighted by Crippen LogP contribution is 2.42. The van der Waals surface area contributed by atoms with Crippen molar-refractivity contribution in [3.05, 3.63) is 68.8 Å². The molecular weight excluding hydrogens is 1130 g/mol. The van der Waals surface area contributed by atoms with Gasteiger partial charge in [0.1, 0.15) is 32.2 Å². The molecule has 2 N–H and O–H groups in total. The van der Waals surface area contributed by atoms with Gasteiger partial charge in [0.15, 0.2) is 11.6 Å². The molecule has 0 fully saturated rings. The van der Waals surface area contributed by atoms with Gasteiger partial charge in [-0.15, -0.1) is 5.10 Å². The van der Waals surface area contributed by atoms with E-state index in [1.54, 1.807) is 40.4 Å². The van der Waals surface area contributed by atoms with Crippen LogP contribution in [0.2, 0.25) is 0 Å². The summed E-state index contributed by atoms with van der Waals surface area (Å²) in [6.45, 7) is 17.9. The summed E-state index contributed by atoms with van der Waals surface area (Å²) in [4.78, 5) is 86.1. The zero-order valence-electron chi connectivity index (χ0n) is 51.6. The number of unbranched alkanes of at least 4 members (excludes halogenated alkanes) is 2. The molecule has 6 rings (SSSR count). The Labute approximate surface area is 508 Å². The van der Waals surface area contributed by atoms with E-state index in [4.69, 9.17) is 61.8 Å². The Kier molecular flexibility index (Phi) is 30.1. The van der Waals surface area contributed by atoms with Crippen LogP contribution in [0.3, 0.4) is 0 Å². The molecule has 1 aromatic carbocycles. The van der Waals surface area contributed by atoms with Gasteiger partial charge in [0, 0.05) is 48.1 Å². The fourth-order valence-electron chi connectivity index (χ4n) is 10.1. The molecule has 0 spiro atoms. The fourth-order valence-corrected chi connectivity index (χ4v) is 10.1. The summed E-state index contributed by atoms with van der Waals surface area (Å²) in [5, 5.41) is 21.9. The number of pyridine rings is 2. The summed E-state index contributed by atoms with van der Waals surface area (Å²) < 4.78 is 70.0. The van der Waals surface area contributed by atoms with E-state index in [0.29, 0.717) is 155 Å². The number of phenols is 1. The largest absolute Gasteiger partial charge is 0.509 e. The van der Waals surface area contributed by atoms with Gasteiger partial charge in [-0.05, 0) is 68.4 Å². The topological polar surface area (TPSA) is 294 Å². The maximum absolute atomic E-state index is 14.2. The Bertz CT molecular complexity index is 2880. The maximum Gasteiger partial charge on any atom is 0.509 e. The number of benzene rings is 1. The van der Waals surface area contributed by atoms with Crippen LogP contribution in [0.1, 0.15) is 114 Å². The summed E-state index contributed by atoms with van der Waals surface area (Å²) in [6.07, 6.45) is 4.60. The van der Waals surface area contributed by atoms with Gasteiger partial charge < -0.3 is 71.8 Å². The van der Waals surface area contributed by atoms with E-state index >= 15 is 0 Å². The molecule has 0 aliphatic carbocycles. The number of ketones is 2. The van der Waals surface area contributed by atoms with Gasteiger partial charge >= 0.3 is 12.1 Å². The first-order valence-electron chi connectivity index (χ1n) is 30.5. The number of rotatable bonds is 46. The van der Waals surface area contributed by atoms with Crippen LogP contribution in [0.25, 0.3) is 22.3 Å². The quantitative estimate of drug-likeness (QED) is 0.0338. The molecule has 0 bridgehead atoms. The lowest BCUT2D eigenvalue weighted by molar-refractivity contribution is -0.175. The lowest BCUT2D eigenvalue weighted by Crippen LogP contribution is -2.48. The van der Waals surface area contributed by atoms with Crippen molar-refractivity contribution in [2.24, 2.45) is 11.8 Å². The Morgan fingerprint density at radius 2 is 1.36 bits per heavy atom. The number of aromatic nitrogens is 5. The van der Waals surface area contributed by atoms with Crippen molar-refractivity contribution in [2.45, 2.75) is 131 Å². The molecule has 2 aliphatic rings. The standard InChI is InChI=1S/C62H90N6O19/c1-7-10-11-13-45(34-48(71)40-84-39-47(70)14-12-18-76-20-22-78-24-26-80-28-30-82-32-33-83-31-29-81-27-25-79-23-21-77-19-17-67-37-44(6)65-66-67)58(72)64-55(43(4)5)42-86-61(75)87-62(9-3)53-36-56-57-51(38-68(56)59(73)52(53)41-85-60(62)74)49(8-2)50-35-46(69)15-16-54(50)63-57/h15-16,35-37,43,45,55,69H,7-14,17-34,38-42H2,1-6H3,(H,64,72). The minimum atomic E-state index is -2.03. The maximum atomic E-state index is 14.2. The first-order chi connectivity index (χ1) is 42.2. The number of cyclic esters (lactones) is 1. The van der Waals surface area contributed by atoms with Crippen LogP contribution in [0.4, 0.5) is 4.79 Å². The molecule has 25 nitrogen and oxygen atoms in total. The molecular formula is C62H90N6O19. The minimum Gasteiger partial charge on any atom is -0.508 e. The molecule has 3 atom stereocenters. The highest BCUT2D eigenvalue weighted by molar-refractivity contribution is 5.91. The number of fused-ring (bicyclic) bond motifs is 5. The average Bonchev–Trinajstić information content (AvgIpc) is 1.68. The van der Waals surface area contributed by atoms with E-state index in [1.165, 1.54) is 0 Å². The number of ether oxygens (including phenoxy) is 12. The van der Waals surface area contributed by atoms with Crippen LogP contribution < -0.4 is 10.9 Å². The molecule has 0 saturated carbocycles. The molecule has 4 aromatic rings. The number of hydrogen-bond acceptors (Lipinski definition) is 22. The number of nitrogens with one attached hydrogen (secondary N) is 1. The Morgan fingerprint density at radius 3 is 1.93 bits per heavy atom. The van der Waals surface area contributed by atoms with Crippen molar-refractivity contribution in [3.63, 3.8) is 0 Å². The second kappa shape index (κ2) is 37.5.